The smallest absolute Gasteiger partial charge is 0.313 e. The molecule has 0 amide bonds. The second kappa shape index (κ2) is 8.26. The van der Waals surface area contributed by atoms with Gasteiger partial charge in [-0.05, 0) is 56.2 Å². The Morgan fingerprint density at radius 2 is 2.08 bits per heavy atom. The largest absolute Gasteiger partial charge is 0.416 e. The highest BCUT2D eigenvalue weighted by molar-refractivity contribution is 5.39. The molecule has 0 heterocycles. The van der Waals surface area contributed by atoms with Crippen LogP contribution in [0.15, 0.2) is 60.2 Å². The topological polar surface area (TPSA) is 12.0 Å². The molecule has 0 saturated heterocycles. The van der Waals surface area contributed by atoms with E-state index in [4.69, 9.17) is 1.37 Å². The Hall–Kier alpha value is -1.81. The van der Waals surface area contributed by atoms with Crippen LogP contribution in [0.4, 0.5) is 13.2 Å². The van der Waals surface area contributed by atoms with Gasteiger partial charge in [0.2, 0.25) is 0 Å². The average molecular weight is 362 g/mol. The standard InChI is InChI=1S/C22H26F3N/c1-16(20-13-5-10-18-9-2-3-12-21(18)20)26-14-6-8-17-7-4-11-19(15-17)22(23,24)25/h2-5,9,11-13,15-17,20,26H,6-8,10,14H2,1H3/t16-,17?,20?/m1/s1/i20D. The molecule has 140 valence electrons. The first-order valence-corrected chi connectivity index (χ1v) is 9.26. The second-order valence-electron chi connectivity index (χ2n) is 7.05. The zero-order valence-electron chi connectivity index (χ0n) is 16.0. The highest BCUT2D eigenvalue weighted by Gasteiger charge is 2.33. The summed E-state index contributed by atoms with van der Waals surface area (Å²) in [5.74, 6) is -0.879. The van der Waals surface area contributed by atoms with Crippen molar-refractivity contribution in [3.63, 3.8) is 0 Å². The molecule has 2 unspecified atom stereocenters. The van der Waals surface area contributed by atoms with E-state index in [0.717, 1.165) is 18.4 Å². The molecule has 0 fully saturated rings. The van der Waals surface area contributed by atoms with Gasteiger partial charge in [-0.3, -0.25) is 0 Å². The Kier molecular flexibility index (Phi) is 5.59. The normalized spacial score (nSPS) is 26.8. The van der Waals surface area contributed by atoms with Crippen molar-refractivity contribution in [2.75, 3.05) is 6.54 Å². The van der Waals surface area contributed by atoms with Gasteiger partial charge in [-0.1, -0.05) is 54.6 Å². The molecule has 3 rings (SSSR count). The fraction of sp³-hybridized carbons (Fsp3) is 0.455. The van der Waals surface area contributed by atoms with E-state index in [2.05, 4.69) is 11.4 Å². The number of allylic oxidation sites excluding steroid dienone is 5. The first kappa shape index (κ1) is 17.6. The summed E-state index contributed by atoms with van der Waals surface area (Å²) < 4.78 is 47.4. The van der Waals surface area contributed by atoms with Crippen molar-refractivity contribution in [3.8, 4) is 0 Å². The van der Waals surface area contributed by atoms with Gasteiger partial charge in [0.15, 0.2) is 0 Å². The predicted molar refractivity (Wildman–Crippen MR) is 100 cm³/mol. The van der Waals surface area contributed by atoms with E-state index in [9.17, 15) is 13.2 Å². The number of hydrogen-bond donors (Lipinski definition) is 1. The van der Waals surface area contributed by atoms with Crippen LogP contribution in [0.25, 0.3) is 0 Å². The van der Waals surface area contributed by atoms with Crippen LogP contribution >= 0.6 is 0 Å². The molecule has 0 aliphatic heterocycles. The molecule has 4 heteroatoms. The van der Waals surface area contributed by atoms with Gasteiger partial charge in [-0.2, -0.15) is 13.2 Å². The molecule has 2 aliphatic carbocycles. The molecule has 1 nitrogen and oxygen atoms in total. The molecule has 2 aliphatic rings. The summed E-state index contributed by atoms with van der Waals surface area (Å²) in [5.41, 5.74) is 1.68. The lowest BCUT2D eigenvalue weighted by Gasteiger charge is -2.27. The first-order valence-electron chi connectivity index (χ1n) is 9.76. The van der Waals surface area contributed by atoms with Crippen LogP contribution in [0.1, 0.15) is 44.6 Å². The van der Waals surface area contributed by atoms with Crippen molar-refractivity contribution in [2.45, 2.75) is 50.7 Å². The van der Waals surface area contributed by atoms with Crippen molar-refractivity contribution in [2.24, 2.45) is 5.92 Å². The summed E-state index contributed by atoms with van der Waals surface area (Å²) in [5, 5.41) is 3.42. The van der Waals surface area contributed by atoms with Gasteiger partial charge in [-0.25, -0.2) is 0 Å². The molecule has 0 spiro atoms. The molecular formula is C22H26F3N. The molecule has 1 aromatic rings. The van der Waals surface area contributed by atoms with Crippen LogP contribution in [0.3, 0.4) is 0 Å². The number of alkyl halides is 3. The second-order valence-corrected chi connectivity index (χ2v) is 7.05. The Morgan fingerprint density at radius 3 is 2.88 bits per heavy atom. The van der Waals surface area contributed by atoms with Crippen molar-refractivity contribution in [1.82, 2.24) is 5.32 Å². The SMILES string of the molecule is [2H]C1([C@@H](C)NCCCC2C=C(C(F)(F)F)C=CC2)C=CCc2ccccc21. The van der Waals surface area contributed by atoms with Crippen molar-refractivity contribution < 1.29 is 14.5 Å². The molecule has 0 radical (unpaired) electrons. The Balaban J connectivity index is 1.53. The maximum Gasteiger partial charge on any atom is 0.416 e. The van der Waals surface area contributed by atoms with Crippen LogP contribution in [0.5, 0.6) is 0 Å². The predicted octanol–water partition coefficient (Wildman–Crippen LogP) is 5.71. The van der Waals surface area contributed by atoms with Gasteiger partial charge >= 0.3 is 6.18 Å². The Morgan fingerprint density at radius 1 is 1.27 bits per heavy atom. The minimum Gasteiger partial charge on any atom is -0.313 e. The van der Waals surface area contributed by atoms with E-state index in [1.807, 2.05) is 37.3 Å². The van der Waals surface area contributed by atoms with Crippen LogP contribution in [0.2, 0.25) is 0 Å². The summed E-state index contributed by atoms with van der Waals surface area (Å²) in [6, 6.07) is 7.97. The van der Waals surface area contributed by atoms with Gasteiger partial charge in [-0.15, -0.1) is 0 Å². The van der Waals surface area contributed by atoms with Gasteiger partial charge < -0.3 is 5.32 Å². The number of rotatable bonds is 6. The van der Waals surface area contributed by atoms with Crippen molar-refractivity contribution >= 4 is 0 Å². The number of hydrogen-bond acceptors (Lipinski definition) is 1. The summed E-state index contributed by atoms with van der Waals surface area (Å²) >= 11 is 0. The number of halogens is 3. The van der Waals surface area contributed by atoms with E-state index in [-0.39, 0.29) is 12.0 Å². The quantitative estimate of drug-likeness (QED) is 0.505. The summed E-state index contributed by atoms with van der Waals surface area (Å²) in [6.07, 6.45) is 6.89. The van der Waals surface area contributed by atoms with Gasteiger partial charge in [0.05, 0.1) is 5.57 Å². The Bertz CT molecular complexity index is 750. The van der Waals surface area contributed by atoms with Gasteiger partial charge in [0.25, 0.3) is 0 Å². The lowest BCUT2D eigenvalue weighted by molar-refractivity contribution is -0.0889. The third kappa shape index (κ3) is 4.67. The fourth-order valence-electron chi connectivity index (χ4n) is 3.69. The summed E-state index contributed by atoms with van der Waals surface area (Å²) in [6.45, 7) is 2.69. The maximum absolute atomic E-state index is 12.8. The highest BCUT2D eigenvalue weighted by Crippen LogP contribution is 2.33. The lowest BCUT2D eigenvalue weighted by Crippen LogP contribution is -2.33. The van der Waals surface area contributed by atoms with E-state index >= 15 is 0 Å². The van der Waals surface area contributed by atoms with Gasteiger partial charge in [0.1, 0.15) is 0 Å². The summed E-state index contributed by atoms with van der Waals surface area (Å²) in [7, 11) is 0. The third-order valence-electron chi connectivity index (χ3n) is 5.11. The first-order chi connectivity index (χ1) is 12.8. The van der Waals surface area contributed by atoms with E-state index in [1.165, 1.54) is 17.7 Å². The lowest BCUT2D eigenvalue weighted by atomic mass is 9.84. The Labute approximate surface area is 155 Å². The maximum atomic E-state index is 12.8. The molecule has 26 heavy (non-hydrogen) atoms. The highest BCUT2D eigenvalue weighted by atomic mass is 19.4. The number of fused-ring (bicyclic) bond motifs is 1. The van der Waals surface area contributed by atoms with Crippen molar-refractivity contribution in [1.29, 1.82) is 0 Å². The van der Waals surface area contributed by atoms with Crippen LogP contribution in [-0.2, 0) is 6.42 Å². The third-order valence-corrected chi connectivity index (χ3v) is 5.11. The van der Waals surface area contributed by atoms with Gasteiger partial charge in [0, 0.05) is 13.3 Å². The molecular weight excluding hydrogens is 335 g/mol. The van der Waals surface area contributed by atoms with E-state index in [0.29, 0.717) is 19.4 Å². The van der Waals surface area contributed by atoms with Crippen LogP contribution in [-0.4, -0.2) is 18.8 Å². The zero-order chi connectivity index (χ0) is 19.5. The van der Waals surface area contributed by atoms with Crippen LogP contribution in [0, 0.1) is 5.92 Å². The molecule has 1 N–H and O–H groups in total. The molecule has 0 bridgehead atoms. The molecule has 0 saturated carbocycles. The number of benzene rings is 1. The zero-order valence-corrected chi connectivity index (χ0v) is 15.0. The van der Waals surface area contributed by atoms with Crippen molar-refractivity contribution in [3.05, 3.63) is 71.3 Å². The number of nitrogens with one attached hydrogen (secondary N) is 1. The average Bonchev–Trinajstić information content (AvgIpc) is 2.65. The molecule has 1 aromatic carbocycles. The van der Waals surface area contributed by atoms with E-state index < -0.39 is 17.6 Å². The minimum atomic E-state index is -4.26. The van der Waals surface area contributed by atoms with E-state index in [1.54, 1.807) is 6.08 Å². The van der Waals surface area contributed by atoms with Crippen LogP contribution < -0.4 is 5.32 Å². The molecule has 0 aromatic heterocycles. The molecule has 3 atom stereocenters. The monoisotopic (exact) mass is 362 g/mol. The summed E-state index contributed by atoms with van der Waals surface area (Å²) in [4.78, 5) is 0. The minimum absolute atomic E-state index is 0.0657. The fourth-order valence-corrected chi connectivity index (χ4v) is 3.69.